The Balaban J connectivity index is 2.79. The Morgan fingerprint density at radius 3 is 2.58 bits per heavy atom. The van der Waals surface area contributed by atoms with E-state index in [4.69, 9.17) is 4.84 Å². The number of urea groups is 1. The van der Waals surface area contributed by atoms with Crippen LogP contribution in [0.4, 0.5) is 4.79 Å². The minimum atomic E-state index is -0.557. The first kappa shape index (κ1) is 15.7. The van der Waals surface area contributed by atoms with Gasteiger partial charge in [0.2, 0.25) is 0 Å². The summed E-state index contributed by atoms with van der Waals surface area (Å²) in [6, 6.07) is -1.03. The van der Waals surface area contributed by atoms with Crippen molar-refractivity contribution in [1.82, 2.24) is 10.4 Å². The van der Waals surface area contributed by atoms with Crippen LogP contribution in [0.15, 0.2) is 11.1 Å². The zero-order valence-corrected chi connectivity index (χ0v) is 12.1. The number of carbonyl (C=O) groups excluding carboxylic acids is 2. The third kappa shape index (κ3) is 3.78. The van der Waals surface area contributed by atoms with Crippen LogP contribution in [0.5, 0.6) is 0 Å². The largest absolute Gasteiger partial charge is 0.392 e. The molecule has 1 heterocycles. The number of aliphatic hydroxyl groups is 1. The number of carbonyl (C=O) groups is 2. The molecule has 0 aromatic rings. The number of hydrogen-bond acceptors (Lipinski definition) is 4. The summed E-state index contributed by atoms with van der Waals surface area (Å²) >= 11 is 0. The van der Waals surface area contributed by atoms with Gasteiger partial charge in [-0.3, -0.25) is 9.63 Å². The van der Waals surface area contributed by atoms with Crippen LogP contribution in [0.25, 0.3) is 0 Å². The second kappa shape index (κ2) is 5.71. The first-order valence-electron chi connectivity index (χ1n) is 6.25. The van der Waals surface area contributed by atoms with E-state index in [0.717, 1.165) is 0 Å². The van der Waals surface area contributed by atoms with Gasteiger partial charge < -0.3 is 10.0 Å². The lowest BCUT2D eigenvalue weighted by atomic mass is 9.95. The molecule has 1 rings (SSSR count). The SMILES string of the molecule is CC1=C(CO)CN(C(=O)NOC(C)(C)C)C(C)C1=O. The highest BCUT2D eigenvalue weighted by atomic mass is 16.7. The molecular formula is C13H22N2O4. The number of hydroxylamine groups is 1. The van der Waals surface area contributed by atoms with Gasteiger partial charge in [0.1, 0.15) is 0 Å². The van der Waals surface area contributed by atoms with E-state index in [2.05, 4.69) is 5.48 Å². The molecule has 1 aliphatic rings. The second-order valence-electron chi connectivity index (χ2n) is 5.68. The number of Topliss-reactive ketones (excluding diaryl/α,β-unsaturated/α-hetero) is 1. The van der Waals surface area contributed by atoms with Gasteiger partial charge in [-0.2, -0.15) is 0 Å². The first-order chi connectivity index (χ1) is 8.67. The van der Waals surface area contributed by atoms with Crippen LogP contribution < -0.4 is 5.48 Å². The predicted molar refractivity (Wildman–Crippen MR) is 70.3 cm³/mol. The summed E-state index contributed by atoms with van der Waals surface area (Å²) in [5, 5.41) is 9.22. The van der Waals surface area contributed by atoms with Gasteiger partial charge in [-0.15, -0.1) is 0 Å². The van der Waals surface area contributed by atoms with Crippen molar-refractivity contribution < 1.29 is 19.5 Å². The minimum absolute atomic E-state index is 0.152. The van der Waals surface area contributed by atoms with Gasteiger partial charge in [0.25, 0.3) is 0 Å². The molecule has 1 unspecified atom stereocenters. The molecule has 2 N–H and O–H groups in total. The summed E-state index contributed by atoms with van der Waals surface area (Å²) in [6.45, 7) is 8.76. The Bertz CT molecular complexity index is 409. The third-order valence-electron chi connectivity index (χ3n) is 3.00. The van der Waals surface area contributed by atoms with Crippen molar-refractivity contribution >= 4 is 11.8 Å². The van der Waals surface area contributed by atoms with Crippen LogP contribution >= 0.6 is 0 Å². The molecule has 0 aliphatic carbocycles. The number of hydrogen-bond donors (Lipinski definition) is 2. The normalized spacial score (nSPS) is 20.8. The van der Waals surface area contributed by atoms with Crippen molar-refractivity contribution in [3.63, 3.8) is 0 Å². The summed E-state index contributed by atoms with van der Waals surface area (Å²) in [4.78, 5) is 30.5. The molecule has 0 radical (unpaired) electrons. The van der Waals surface area contributed by atoms with Crippen LogP contribution in [0.3, 0.4) is 0 Å². The maximum atomic E-state index is 12.0. The van der Waals surface area contributed by atoms with Crippen molar-refractivity contribution in [2.24, 2.45) is 0 Å². The smallest absolute Gasteiger partial charge is 0.342 e. The fourth-order valence-electron chi connectivity index (χ4n) is 1.76. The van der Waals surface area contributed by atoms with Crippen LogP contribution in [0.1, 0.15) is 34.6 Å². The first-order valence-corrected chi connectivity index (χ1v) is 6.25. The van der Waals surface area contributed by atoms with Crippen LogP contribution in [0, 0.1) is 0 Å². The van der Waals surface area contributed by atoms with E-state index in [1.165, 1.54) is 4.90 Å². The van der Waals surface area contributed by atoms with Gasteiger partial charge in [-0.1, -0.05) is 0 Å². The van der Waals surface area contributed by atoms with Crippen molar-refractivity contribution in [3.8, 4) is 0 Å². The highest BCUT2D eigenvalue weighted by Gasteiger charge is 2.33. The molecule has 0 spiro atoms. The molecule has 6 heteroatoms. The average Bonchev–Trinajstić information content (AvgIpc) is 2.33. The molecule has 6 nitrogen and oxygen atoms in total. The maximum absolute atomic E-state index is 12.0. The van der Waals surface area contributed by atoms with E-state index in [-0.39, 0.29) is 18.9 Å². The molecule has 19 heavy (non-hydrogen) atoms. The van der Waals surface area contributed by atoms with Crippen LogP contribution in [-0.4, -0.2) is 46.6 Å². The molecule has 2 amide bonds. The van der Waals surface area contributed by atoms with Gasteiger partial charge in [0, 0.05) is 6.54 Å². The van der Waals surface area contributed by atoms with Crippen molar-refractivity contribution in [3.05, 3.63) is 11.1 Å². The van der Waals surface area contributed by atoms with Crippen molar-refractivity contribution in [2.75, 3.05) is 13.2 Å². The lowest BCUT2D eigenvalue weighted by Crippen LogP contribution is -2.53. The lowest BCUT2D eigenvalue weighted by Gasteiger charge is -2.34. The lowest BCUT2D eigenvalue weighted by molar-refractivity contribution is -0.120. The zero-order valence-electron chi connectivity index (χ0n) is 12.1. The van der Waals surface area contributed by atoms with E-state index >= 15 is 0 Å². The van der Waals surface area contributed by atoms with E-state index in [9.17, 15) is 14.7 Å². The average molecular weight is 270 g/mol. The summed E-state index contributed by atoms with van der Waals surface area (Å²) in [7, 11) is 0. The Hall–Kier alpha value is -1.40. The van der Waals surface area contributed by atoms with Gasteiger partial charge in [0.15, 0.2) is 5.78 Å². The summed E-state index contributed by atoms with van der Waals surface area (Å²) in [6.07, 6.45) is 0. The molecule has 0 aromatic carbocycles. The van der Waals surface area contributed by atoms with Gasteiger partial charge >= 0.3 is 6.03 Å². The maximum Gasteiger partial charge on any atom is 0.342 e. The number of ketones is 1. The number of amides is 2. The van der Waals surface area contributed by atoms with Gasteiger partial charge in [-0.25, -0.2) is 10.3 Å². The standard InChI is InChI=1S/C13H22N2O4/c1-8-10(7-16)6-15(9(2)11(8)17)12(18)14-19-13(3,4)5/h9,16H,6-7H2,1-5H3,(H,14,18). The van der Waals surface area contributed by atoms with Crippen molar-refractivity contribution in [1.29, 1.82) is 0 Å². The second-order valence-corrected chi connectivity index (χ2v) is 5.68. The van der Waals surface area contributed by atoms with E-state index in [1.54, 1.807) is 34.6 Å². The summed E-state index contributed by atoms with van der Waals surface area (Å²) in [5.41, 5.74) is 2.93. The molecule has 0 aromatic heterocycles. The van der Waals surface area contributed by atoms with E-state index in [1.807, 2.05) is 0 Å². The number of nitrogens with zero attached hydrogens (tertiary/aromatic N) is 1. The number of aliphatic hydroxyl groups excluding tert-OH is 1. The van der Waals surface area contributed by atoms with Crippen molar-refractivity contribution in [2.45, 2.75) is 46.3 Å². The minimum Gasteiger partial charge on any atom is -0.392 e. The van der Waals surface area contributed by atoms with Gasteiger partial charge in [-0.05, 0) is 45.8 Å². The van der Waals surface area contributed by atoms with E-state index < -0.39 is 17.7 Å². The number of nitrogens with one attached hydrogen (secondary N) is 1. The Morgan fingerprint density at radius 1 is 1.53 bits per heavy atom. The highest BCUT2D eigenvalue weighted by Crippen LogP contribution is 2.20. The Morgan fingerprint density at radius 2 is 2.11 bits per heavy atom. The molecule has 1 aliphatic heterocycles. The molecule has 0 bridgehead atoms. The summed E-state index contributed by atoms with van der Waals surface area (Å²) < 4.78 is 0. The Kier molecular flexibility index (Phi) is 4.70. The molecule has 0 saturated heterocycles. The molecule has 1 atom stereocenters. The third-order valence-corrected chi connectivity index (χ3v) is 3.00. The highest BCUT2D eigenvalue weighted by molar-refractivity contribution is 6.02. The molecule has 0 saturated carbocycles. The quantitative estimate of drug-likeness (QED) is 0.734. The fraction of sp³-hybridized carbons (Fsp3) is 0.692. The van der Waals surface area contributed by atoms with E-state index in [0.29, 0.717) is 11.1 Å². The topological polar surface area (TPSA) is 78.9 Å². The monoisotopic (exact) mass is 270 g/mol. The predicted octanol–water partition coefficient (Wildman–Crippen LogP) is 1.01. The van der Waals surface area contributed by atoms with Crippen LogP contribution in [-0.2, 0) is 9.63 Å². The number of rotatable bonds is 2. The molecule has 0 fully saturated rings. The van der Waals surface area contributed by atoms with Gasteiger partial charge in [0.05, 0.1) is 18.2 Å². The zero-order chi connectivity index (χ0) is 14.8. The Labute approximate surface area is 113 Å². The fourth-order valence-corrected chi connectivity index (χ4v) is 1.76. The molecular weight excluding hydrogens is 248 g/mol. The molecule has 108 valence electrons. The van der Waals surface area contributed by atoms with Crippen LogP contribution in [0.2, 0.25) is 0 Å². The summed E-state index contributed by atoms with van der Waals surface area (Å²) in [5.74, 6) is -0.152.